The molecule has 0 bridgehead atoms. The normalized spacial score (nSPS) is 46.4. The summed E-state index contributed by atoms with van der Waals surface area (Å²) in [5.41, 5.74) is 0. The summed E-state index contributed by atoms with van der Waals surface area (Å²) in [5.74, 6) is 0. The van der Waals surface area contributed by atoms with Crippen molar-refractivity contribution in [2.45, 2.75) is 30.7 Å². The van der Waals surface area contributed by atoms with E-state index >= 15 is 0 Å². The van der Waals surface area contributed by atoms with Crippen molar-refractivity contribution in [1.29, 1.82) is 0 Å². The van der Waals surface area contributed by atoms with Crippen molar-refractivity contribution in [2.75, 3.05) is 13.7 Å². The van der Waals surface area contributed by atoms with Crippen molar-refractivity contribution < 1.29 is 29.9 Å². The first-order valence-corrected chi connectivity index (χ1v) is 3.95. The summed E-state index contributed by atoms with van der Waals surface area (Å²) in [5, 5.41) is 36.6. The number of aliphatic hydroxyl groups excluding tert-OH is 4. The molecule has 1 saturated heterocycles. The summed E-state index contributed by atoms with van der Waals surface area (Å²) in [6, 6.07) is 0. The molecule has 1 heterocycles. The molecule has 0 aromatic heterocycles. The summed E-state index contributed by atoms with van der Waals surface area (Å²) in [6.45, 7) is -0.440. The minimum atomic E-state index is -1.36. The first kappa shape index (κ1) is 10.8. The van der Waals surface area contributed by atoms with Crippen LogP contribution >= 0.6 is 0 Å². The van der Waals surface area contributed by atoms with Crippen LogP contribution in [0.4, 0.5) is 0 Å². The van der Waals surface area contributed by atoms with Gasteiger partial charge in [-0.15, -0.1) is 0 Å². The minimum absolute atomic E-state index is 0.440. The van der Waals surface area contributed by atoms with E-state index in [4.69, 9.17) is 14.6 Å². The molecular formula is C7H14O6. The van der Waals surface area contributed by atoms with E-state index in [-0.39, 0.29) is 0 Å². The van der Waals surface area contributed by atoms with Crippen LogP contribution in [0.25, 0.3) is 0 Å². The minimum Gasteiger partial charge on any atom is -0.394 e. The highest BCUT2D eigenvalue weighted by atomic mass is 16.7. The molecule has 0 saturated carbocycles. The zero-order valence-corrected chi connectivity index (χ0v) is 7.20. The lowest BCUT2D eigenvalue weighted by molar-refractivity contribution is -0.294. The highest BCUT2D eigenvalue weighted by molar-refractivity contribution is 4.88. The van der Waals surface area contributed by atoms with E-state index in [9.17, 15) is 15.3 Å². The van der Waals surface area contributed by atoms with Gasteiger partial charge in [-0.2, -0.15) is 0 Å². The van der Waals surface area contributed by atoms with Gasteiger partial charge in [-0.25, -0.2) is 0 Å². The second-order valence-electron chi connectivity index (χ2n) is 2.93. The van der Waals surface area contributed by atoms with Crippen molar-refractivity contribution in [2.24, 2.45) is 0 Å². The van der Waals surface area contributed by atoms with Crippen LogP contribution in [0.2, 0.25) is 0 Å². The van der Waals surface area contributed by atoms with Crippen molar-refractivity contribution in [3.8, 4) is 0 Å². The fourth-order valence-corrected chi connectivity index (χ4v) is 1.26. The average molecular weight is 194 g/mol. The molecule has 13 heavy (non-hydrogen) atoms. The Balaban J connectivity index is 2.66. The van der Waals surface area contributed by atoms with Crippen molar-refractivity contribution in [1.82, 2.24) is 0 Å². The summed E-state index contributed by atoms with van der Waals surface area (Å²) in [7, 11) is 1.30. The maximum atomic E-state index is 9.28. The van der Waals surface area contributed by atoms with E-state index in [1.54, 1.807) is 0 Å². The monoisotopic (exact) mass is 194 g/mol. The first-order chi connectivity index (χ1) is 6.11. The zero-order valence-electron chi connectivity index (χ0n) is 7.20. The Morgan fingerprint density at radius 1 is 1.15 bits per heavy atom. The van der Waals surface area contributed by atoms with Crippen LogP contribution in [-0.2, 0) is 9.47 Å². The Labute approximate surface area is 75.3 Å². The van der Waals surface area contributed by atoms with E-state index in [0.29, 0.717) is 0 Å². The molecule has 6 heteroatoms. The lowest BCUT2D eigenvalue weighted by Crippen LogP contribution is -2.58. The molecule has 1 rings (SSSR count). The van der Waals surface area contributed by atoms with E-state index in [1.807, 2.05) is 0 Å². The first-order valence-electron chi connectivity index (χ1n) is 3.95. The Bertz CT molecular complexity index is 143. The van der Waals surface area contributed by atoms with Crippen LogP contribution in [0.5, 0.6) is 0 Å². The summed E-state index contributed by atoms with van der Waals surface area (Å²) in [4.78, 5) is 0. The third-order valence-electron chi connectivity index (χ3n) is 2.08. The lowest BCUT2D eigenvalue weighted by atomic mass is 9.99. The van der Waals surface area contributed by atoms with Gasteiger partial charge in [-0.3, -0.25) is 0 Å². The van der Waals surface area contributed by atoms with Gasteiger partial charge in [0.2, 0.25) is 0 Å². The molecule has 0 unspecified atom stereocenters. The molecule has 4 N–H and O–H groups in total. The molecule has 0 aliphatic carbocycles. The molecule has 0 spiro atoms. The van der Waals surface area contributed by atoms with Gasteiger partial charge in [-0.05, 0) is 0 Å². The number of hydrogen-bond donors (Lipinski definition) is 4. The van der Waals surface area contributed by atoms with Crippen LogP contribution in [0.15, 0.2) is 0 Å². The molecule has 78 valence electrons. The highest BCUT2D eigenvalue weighted by Crippen LogP contribution is 2.20. The summed E-state index contributed by atoms with van der Waals surface area (Å²) >= 11 is 0. The van der Waals surface area contributed by atoms with Gasteiger partial charge < -0.3 is 29.9 Å². The van der Waals surface area contributed by atoms with Gasteiger partial charge >= 0.3 is 0 Å². The fraction of sp³-hybridized carbons (Fsp3) is 1.00. The maximum absolute atomic E-state index is 9.28. The Morgan fingerprint density at radius 3 is 2.23 bits per heavy atom. The van der Waals surface area contributed by atoms with E-state index in [0.717, 1.165) is 0 Å². The molecule has 6 nitrogen and oxygen atoms in total. The second kappa shape index (κ2) is 4.32. The molecular weight excluding hydrogens is 180 g/mol. The van der Waals surface area contributed by atoms with Gasteiger partial charge in [0.25, 0.3) is 0 Å². The highest BCUT2D eigenvalue weighted by Gasteiger charge is 2.43. The summed E-state index contributed by atoms with van der Waals surface area (Å²) in [6.07, 6.45) is -5.91. The average Bonchev–Trinajstić information content (AvgIpc) is 2.15. The molecule has 1 aliphatic rings. The largest absolute Gasteiger partial charge is 0.394 e. The Morgan fingerprint density at radius 2 is 1.77 bits per heavy atom. The van der Waals surface area contributed by atoms with Gasteiger partial charge in [0.1, 0.15) is 24.4 Å². The van der Waals surface area contributed by atoms with Crippen LogP contribution in [0.1, 0.15) is 0 Å². The number of hydrogen-bond acceptors (Lipinski definition) is 6. The number of ether oxygens (including phenoxy) is 2. The number of aliphatic hydroxyl groups is 4. The molecule has 0 radical (unpaired) electrons. The number of methoxy groups -OCH3 is 1. The molecule has 1 fully saturated rings. The van der Waals surface area contributed by atoms with E-state index in [2.05, 4.69) is 0 Å². The topological polar surface area (TPSA) is 99.4 Å². The maximum Gasteiger partial charge on any atom is 0.186 e. The third kappa shape index (κ3) is 1.98. The predicted octanol–water partition coefficient (Wildman–Crippen LogP) is -2.57. The van der Waals surface area contributed by atoms with Crippen LogP contribution < -0.4 is 0 Å². The Kier molecular flexibility index (Phi) is 3.60. The second-order valence-corrected chi connectivity index (χ2v) is 2.93. The number of rotatable bonds is 2. The predicted molar refractivity (Wildman–Crippen MR) is 40.8 cm³/mol. The van der Waals surface area contributed by atoms with Crippen molar-refractivity contribution in [3.05, 3.63) is 0 Å². The molecule has 0 amide bonds. The van der Waals surface area contributed by atoms with Crippen LogP contribution in [0, 0.1) is 0 Å². The lowest BCUT2D eigenvalue weighted by Gasteiger charge is -2.38. The van der Waals surface area contributed by atoms with Crippen molar-refractivity contribution in [3.63, 3.8) is 0 Å². The standard InChI is InChI=1S/C7H14O6/c1-12-7-6(11)5(10)4(9)3(2-8)13-7/h3-11H,2H2,1H3/t3-,4-,5+,6+,7+/m0/s1. The third-order valence-corrected chi connectivity index (χ3v) is 2.08. The van der Waals surface area contributed by atoms with Gasteiger partial charge in [0.05, 0.1) is 6.61 Å². The summed E-state index contributed by atoms with van der Waals surface area (Å²) < 4.78 is 9.65. The van der Waals surface area contributed by atoms with Crippen LogP contribution in [-0.4, -0.2) is 64.8 Å². The van der Waals surface area contributed by atoms with E-state index in [1.165, 1.54) is 7.11 Å². The van der Waals surface area contributed by atoms with Gasteiger partial charge in [-0.1, -0.05) is 0 Å². The van der Waals surface area contributed by atoms with Gasteiger partial charge in [0.15, 0.2) is 6.29 Å². The van der Waals surface area contributed by atoms with E-state index < -0.39 is 37.3 Å². The zero-order chi connectivity index (χ0) is 10.0. The van der Waals surface area contributed by atoms with Gasteiger partial charge in [0, 0.05) is 7.11 Å². The smallest absolute Gasteiger partial charge is 0.186 e. The quantitative estimate of drug-likeness (QED) is 0.386. The van der Waals surface area contributed by atoms with Crippen molar-refractivity contribution >= 4 is 0 Å². The Hall–Kier alpha value is -0.240. The molecule has 0 aromatic carbocycles. The fourth-order valence-electron chi connectivity index (χ4n) is 1.26. The molecule has 0 aromatic rings. The SMILES string of the molecule is CO[C@@H]1O[C@@H](CO)[C@H](O)[C@@H](O)[C@H]1O. The molecule has 1 aliphatic heterocycles. The molecule has 5 atom stereocenters. The van der Waals surface area contributed by atoms with Crippen LogP contribution in [0.3, 0.4) is 0 Å².